The van der Waals surface area contributed by atoms with Gasteiger partial charge < -0.3 is 4.52 Å². The molecule has 1 unspecified atom stereocenters. The first-order chi connectivity index (χ1) is 10.4. The van der Waals surface area contributed by atoms with Crippen LogP contribution < -0.4 is 9.83 Å². The zero-order valence-corrected chi connectivity index (χ0v) is 13.3. The number of rotatable bonds is 6. The molecule has 2 aromatic rings. The molecule has 22 heavy (non-hydrogen) atoms. The lowest BCUT2D eigenvalue weighted by molar-refractivity contribution is -0.384. The van der Waals surface area contributed by atoms with Crippen molar-refractivity contribution >= 4 is 30.2 Å². The molecule has 0 aliphatic carbocycles. The summed E-state index contributed by atoms with van der Waals surface area (Å²) in [4.78, 5) is 10.1. The number of nitro groups is 1. The molecule has 8 heteroatoms. The van der Waals surface area contributed by atoms with Crippen molar-refractivity contribution in [3.63, 3.8) is 0 Å². The van der Waals surface area contributed by atoms with Gasteiger partial charge in [-0.1, -0.05) is 17.7 Å². The Morgan fingerprint density at radius 2 is 1.91 bits per heavy atom. The molecular weight excluding hydrogens is 329 g/mol. The van der Waals surface area contributed by atoms with Crippen LogP contribution in [0, 0.1) is 10.1 Å². The van der Waals surface area contributed by atoms with Crippen molar-refractivity contribution in [1.82, 2.24) is 0 Å². The summed E-state index contributed by atoms with van der Waals surface area (Å²) >= 11 is 5.90. The van der Waals surface area contributed by atoms with E-state index in [1.54, 1.807) is 25.1 Å². The van der Waals surface area contributed by atoms with Crippen LogP contribution in [0.3, 0.4) is 0 Å². The molecule has 0 aromatic heterocycles. The van der Waals surface area contributed by atoms with Gasteiger partial charge in [0.25, 0.3) is 5.69 Å². The van der Waals surface area contributed by atoms with Gasteiger partial charge in [0.05, 0.1) is 16.8 Å². The topological polar surface area (TPSA) is 78.7 Å². The van der Waals surface area contributed by atoms with Crippen LogP contribution in [0.4, 0.5) is 5.69 Å². The van der Waals surface area contributed by atoms with Gasteiger partial charge in [0.1, 0.15) is 5.75 Å². The molecule has 2 aromatic carbocycles. The fourth-order valence-corrected chi connectivity index (χ4v) is 3.62. The molecule has 0 saturated heterocycles. The predicted molar refractivity (Wildman–Crippen MR) is 84.0 cm³/mol. The Morgan fingerprint density at radius 3 is 2.45 bits per heavy atom. The Kier molecular flexibility index (Phi) is 5.19. The number of hydrogen-bond acceptors (Lipinski definition) is 5. The summed E-state index contributed by atoms with van der Waals surface area (Å²) in [6.07, 6.45) is 0. The van der Waals surface area contributed by atoms with Gasteiger partial charge in [-0.05, 0) is 37.3 Å². The summed E-state index contributed by atoms with van der Waals surface area (Å²) in [5.74, 6) is 0.211. The van der Waals surface area contributed by atoms with Crippen molar-refractivity contribution in [2.24, 2.45) is 0 Å². The molecular formula is C14H13ClNO5P. The van der Waals surface area contributed by atoms with Crippen molar-refractivity contribution in [2.45, 2.75) is 6.92 Å². The van der Waals surface area contributed by atoms with E-state index in [-0.39, 0.29) is 18.0 Å². The maximum absolute atomic E-state index is 12.9. The van der Waals surface area contributed by atoms with Crippen LogP contribution in [0.5, 0.6) is 5.75 Å². The van der Waals surface area contributed by atoms with E-state index < -0.39 is 12.5 Å². The van der Waals surface area contributed by atoms with Gasteiger partial charge in [-0.25, -0.2) is 4.57 Å². The van der Waals surface area contributed by atoms with E-state index in [0.717, 1.165) is 0 Å². The first-order valence-corrected chi connectivity index (χ1v) is 8.31. The molecule has 0 amide bonds. The highest BCUT2D eigenvalue weighted by Crippen LogP contribution is 2.47. The largest absolute Gasteiger partial charge is 0.421 e. The van der Waals surface area contributed by atoms with Gasteiger partial charge in [0, 0.05) is 17.2 Å². The van der Waals surface area contributed by atoms with Gasteiger partial charge in [-0.2, -0.15) is 0 Å². The molecule has 116 valence electrons. The quantitative estimate of drug-likeness (QED) is 0.447. The molecule has 1 atom stereocenters. The van der Waals surface area contributed by atoms with Crippen LogP contribution in [0.2, 0.25) is 5.02 Å². The zero-order chi connectivity index (χ0) is 16.2. The summed E-state index contributed by atoms with van der Waals surface area (Å²) < 4.78 is 23.7. The van der Waals surface area contributed by atoms with E-state index in [0.29, 0.717) is 10.3 Å². The van der Waals surface area contributed by atoms with Crippen molar-refractivity contribution in [2.75, 3.05) is 6.61 Å². The number of nitro benzene ring substituents is 1. The van der Waals surface area contributed by atoms with Gasteiger partial charge in [0.2, 0.25) is 0 Å². The van der Waals surface area contributed by atoms with E-state index >= 15 is 0 Å². The third kappa shape index (κ3) is 3.85. The zero-order valence-electron chi connectivity index (χ0n) is 11.6. The predicted octanol–water partition coefficient (Wildman–Crippen LogP) is 4.18. The second kappa shape index (κ2) is 6.92. The monoisotopic (exact) mass is 341 g/mol. The summed E-state index contributed by atoms with van der Waals surface area (Å²) in [7, 11) is -3.61. The molecule has 2 rings (SSSR count). The van der Waals surface area contributed by atoms with Crippen LogP contribution in [0.15, 0.2) is 48.5 Å². The maximum atomic E-state index is 12.9. The van der Waals surface area contributed by atoms with Gasteiger partial charge in [0.15, 0.2) is 0 Å². The first-order valence-electron chi connectivity index (χ1n) is 6.39. The molecule has 0 spiro atoms. The van der Waals surface area contributed by atoms with Crippen LogP contribution in [0.25, 0.3) is 0 Å². The fourth-order valence-electron chi connectivity index (χ4n) is 1.74. The Bertz CT molecular complexity index is 719. The SMILES string of the molecule is CCOP(=O)(Oc1ccc([N+](=O)[O-])cc1)c1cccc(Cl)c1. The summed E-state index contributed by atoms with van der Waals surface area (Å²) in [5, 5.41) is 11.4. The summed E-state index contributed by atoms with van der Waals surface area (Å²) in [6, 6.07) is 11.7. The smallest absolute Gasteiger partial charge is 0.410 e. The Hall–Kier alpha value is -1.88. The highest BCUT2D eigenvalue weighted by molar-refractivity contribution is 7.62. The highest BCUT2D eigenvalue weighted by atomic mass is 35.5. The molecule has 0 aliphatic heterocycles. The van der Waals surface area contributed by atoms with E-state index in [4.69, 9.17) is 20.6 Å². The number of non-ortho nitro benzene ring substituents is 1. The molecule has 6 nitrogen and oxygen atoms in total. The fraction of sp³-hybridized carbons (Fsp3) is 0.143. The lowest BCUT2D eigenvalue weighted by atomic mass is 10.3. The van der Waals surface area contributed by atoms with Crippen LogP contribution in [-0.4, -0.2) is 11.5 Å². The minimum absolute atomic E-state index is 0.0821. The summed E-state index contributed by atoms with van der Waals surface area (Å²) in [6.45, 7) is 1.87. The third-order valence-electron chi connectivity index (χ3n) is 2.70. The average Bonchev–Trinajstić information content (AvgIpc) is 2.48. The van der Waals surface area contributed by atoms with E-state index in [1.807, 2.05) is 0 Å². The van der Waals surface area contributed by atoms with Gasteiger partial charge in [-0.3, -0.25) is 14.6 Å². The standard InChI is InChI=1S/C14H13ClNO5P/c1-2-20-22(19,14-5-3-4-11(15)10-14)21-13-8-6-12(7-9-13)16(17)18/h3-10H,2H2,1H3. The number of hydrogen-bond donors (Lipinski definition) is 0. The molecule has 0 fully saturated rings. The summed E-state index contributed by atoms with van der Waals surface area (Å²) in [5.41, 5.74) is -0.0821. The number of halogens is 1. The molecule has 0 radical (unpaired) electrons. The van der Waals surface area contributed by atoms with Gasteiger partial charge in [-0.15, -0.1) is 0 Å². The highest BCUT2D eigenvalue weighted by Gasteiger charge is 2.29. The van der Waals surface area contributed by atoms with E-state index in [9.17, 15) is 14.7 Å². The van der Waals surface area contributed by atoms with Crippen molar-refractivity contribution in [3.05, 3.63) is 63.7 Å². The van der Waals surface area contributed by atoms with Crippen molar-refractivity contribution in [1.29, 1.82) is 0 Å². The second-order valence-corrected chi connectivity index (χ2v) is 6.63. The second-order valence-electron chi connectivity index (χ2n) is 4.24. The van der Waals surface area contributed by atoms with Crippen molar-refractivity contribution in [3.8, 4) is 5.75 Å². The third-order valence-corrected chi connectivity index (χ3v) is 4.89. The maximum Gasteiger partial charge on any atom is 0.410 e. The molecule has 0 heterocycles. The molecule has 0 N–H and O–H groups in total. The molecule has 0 saturated carbocycles. The minimum atomic E-state index is -3.61. The number of nitrogens with zero attached hydrogens (tertiary/aromatic N) is 1. The van der Waals surface area contributed by atoms with Crippen LogP contribution in [0.1, 0.15) is 6.92 Å². The Balaban J connectivity index is 2.32. The van der Waals surface area contributed by atoms with E-state index in [2.05, 4.69) is 0 Å². The minimum Gasteiger partial charge on any atom is -0.421 e. The normalized spacial score (nSPS) is 13.4. The molecule has 0 aliphatic rings. The lowest BCUT2D eigenvalue weighted by Crippen LogP contribution is -2.12. The van der Waals surface area contributed by atoms with Crippen LogP contribution in [-0.2, 0) is 9.09 Å². The number of benzene rings is 2. The van der Waals surface area contributed by atoms with E-state index in [1.165, 1.54) is 30.3 Å². The van der Waals surface area contributed by atoms with Crippen LogP contribution >= 0.6 is 19.2 Å². The van der Waals surface area contributed by atoms with Gasteiger partial charge >= 0.3 is 7.60 Å². The first kappa shape index (κ1) is 16.5. The average molecular weight is 342 g/mol. The molecule has 0 bridgehead atoms. The Morgan fingerprint density at radius 1 is 1.23 bits per heavy atom. The lowest BCUT2D eigenvalue weighted by Gasteiger charge is -2.19. The van der Waals surface area contributed by atoms with Crippen molar-refractivity contribution < 1.29 is 18.5 Å². The Labute approximate surface area is 132 Å².